The zero-order valence-electron chi connectivity index (χ0n) is 12.7. The first-order valence-electron chi connectivity index (χ1n) is 7.65. The van der Waals surface area contributed by atoms with Crippen LogP contribution in [0.1, 0.15) is 26.7 Å². The molecule has 5 heteroatoms. The number of nitrogens with zero attached hydrogens (tertiary/aromatic N) is 1. The van der Waals surface area contributed by atoms with E-state index >= 15 is 0 Å². The number of hydrogen-bond acceptors (Lipinski definition) is 3. The smallest absolute Gasteiger partial charge is 0.238 e. The van der Waals surface area contributed by atoms with Crippen LogP contribution in [0.5, 0.6) is 0 Å². The quantitative estimate of drug-likeness (QED) is 0.875. The Morgan fingerprint density at radius 3 is 2.67 bits per heavy atom. The van der Waals surface area contributed by atoms with E-state index < -0.39 is 0 Å². The number of hydrogen-bond donors (Lipinski definition) is 2. The van der Waals surface area contributed by atoms with Crippen LogP contribution in [0.4, 0.5) is 10.1 Å². The molecule has 2 atom stereocenters. The molecular weight excluding hydrogens is 269 g/mol. The van der Waals surface area contributed by atoms with Crippen LogP contribution < -0.4 is 10.6 Å². The SMILES string of the molecule is CCC1CN(CC(=O)Nc2ccc(F)cc2)C(CC)CN1. The molecule has 0 saturated carbocycles. The predicted molar refractivity (Wildman–Crippen MR) is 82.8 cm³/mol. The molecule has 0 aliphatic carbocycles. The highest BCUT2D eigenvalue weighted by atomic mass is 19.1. The lowest BCUT2D eigenvalue weighted by Gasteiger charge is -2.39. The van der Waals surface area contributed by atoms with E-state index in [1.807, 2.05) is 0 Å². The number of carbonyl (C=O) groups excluding carboxylic acids is 1. The van der Waals surface area contributed by atoms with Crippen LogP contribution in [0.2, 0.25) is 0 Å². The molecule has 1 aliphatic rings. The van der Waals surface area contributed by atoms with Crippen LogP contribution in [0, 0.1) is 5.82 Å². The van der Waals surface area contributed by atoms with E-state index in [1.54, 1.807) is 12.1 Å². The van der Waals surface area contributed by atoms with Crippen molar-refractivity contribution in [2.24, 2.45) is 0 Å². The van der Waals surface area contributed by atoms with E-state index in [0.717, 1.165) is 25.9 Å². The molecule has 0 spiro atoms. The Kier molecular flexibility index (Phi) is 5.70. The summed E-state index contributed by atoms with van der Waals surface area (Å²) in [6.45, 7) is 6.50. The third-order valence-electron chi connectivity index (χ3n) is 4.05. The fourth-order valence-electron chi connectivity index (χ4n) is 2.72. The fourth-order valence-corrected chi connectivity index (χ4v) is 2.72. The zero-order chi connectivity index (χ0) is 15.2. The maximum absolute atomic E-state index is 12.8. The van der Waals surface area contributed by atoms with Gasteiger partial charge in [0.2, 0.25) is 5.91 Å². The van der Waals surface area contributed by atoms with Gasteiger partial charge < -0.3 is 10.6 Å². The lowest BCUT2D eigenvalue weighted by Crippen LogP contribution is -2.57. The second-order valence-corrected chi connectivity index (χ2v) is 5.56. The summed E-state index contributed by atoms with van der Waals surface area (Å²) in [5.74, 6) is -0.344. The summed E-state index contributed by atoms with van der Waals surface area (Å²) in [4.78, 5) is 14.4. The average molecular weight is 293 g/mol. The van der Waals surface area contributed by atoms with Crippen molar-refractivity contribution in [3.63, 3.8) is 0 Å². The van der Waals surface area contributed by atoms with Crippen molar-refractivity contribution in [2.45, 2.75) is 38.8 Å². The summed E-state index contributed by atoms with van der Waals surface area (Å²) in [6, 6.07) is 6.71. The number of nitrogens with one attached hydrogen (secondary N) is 2. The largest absolute Gasteiger partial charge is 0.325 e. The maximum atomic E-state index is 12.8. The Balaban J connectivity index is 1.91. The van der Waals surface area contributed by atoms with Crippen molar-refractivity contribution < 1.29 is 9.18 Å². The fraction of sp³-hybridized carbons (Fsp3) is 0.562. The summed E-state index contributed by atoms with van der Waals surface area (Å²) in [6.07, 6.45) is 2.08. The van der Waals surface area contributed by atoms with Crippen molar-refractivity contribution in [2.75, 3.05) is 25.0 Å². The van der Waals surface area contributed by atoms with Crippen LogP contribution in [0.15, 0.2) is 24.3 Å². The van der Waals surface area contributed by atoms with Crippen molar-refractivity contribution in [3.8, 4) is 0 Å². The Bertz CT molecular complexity index is 463. The summed E-state index contributed by atoms with van der Waals surface area (Å²) in [7, 11) is 0. The van der Waals surface area contributed by atoms with Gasteiger partial charge in [0.25, 0.3) is 0 Å². The minimum atomic E-state index is -0.299. The molecule has 2 unspecified atom stereocenters. The van der Waals surface area contributed by atoms with Gasteiger partial charge in [0, 0.05) is 30.9 Å². The number of piperazine rings is 1. The van der Waals surface area contributed by atoms with E-state index in [0.29, 0.717) is 24.3 Å². The summed E-state index contributed by atoms with van der Waals surface area (Å²) < 4.78 is 12.8. The maximum Gasteiger partial charge on any atom is 0.238 e. The van der Waals surface area contributed by atoms with Gasteiger partial charge in [0.1, 0.15) is 5.82 Å². The third kappa shape index (κ3) is 4.51. The van der Waals surface area contributed by atoms with Gasteiger partial charge in [-0.2, -0.15) is 0 Å². The van der Waals surface area contributed by atoms with Crippen molar-refractivity contribution in [1.29, 1.82) is 0 Å². The molecule has 0 bridgehead atoms. The molecular formula is C16H24FN3O. The normalized spacial score (nSPS) is 23.0. The van der Waals surface area contributed by atoms with Crippen LogP contribution >= 0.6 is 0 Å². The number of rotatable bonds is 5. The highest BCUT2D eigenvalue weighted by molar-refractivity contribution is 5.92. The molecule has 21 heavy (non-hydrogen) atoms. The summed E-state index contributed by atoms with van der Waals surface area (Å²) in [5, 5.41) is 6.34. The molecule has 0 radical (unpaired) electrons. The molecule has 4 nitrogen and oxygen atoms in total. The first-order chi connectivity index (χ1) is 10.1. The standard InChI is InChI=1S/C16H24FN3O/c1-3-13-10-20(15(4-2)9-18-13)11-16(21)19-14-7-5-12(17)6-8-14/h5-8,13,15,18H,3-4,9-11H2,1-2H3,(H,19,21). The Hall–Kier alpha value is -1.46. The molecule has 1 fully saturated rings. The first-order valence-corrected chi connectivity index (χ1v) is 7.65. The van der Waals surface area contributed by atoms with Gasteiger partial charge in [-0.3, -0.25) is 9.69 Å². The molecule has 116 valence electrons. The second-order valence-electron chi connectivity index (χ2n) is 5.56. The minimum Gasteiger partial charge on any atom is -0.325 e. The van der Waals surface area contributed by atoms with Crippen molar-refractivity contribution in [1.82, 2.24) is 10.2 Å². The lowest BCUT2D eigenvalue weighted by molar-refractivity contribution is -0.118. The molecule has 2 N–H and O–H groups in total. The number of anilines is 1. The molecule has 2 rings (SSSR count). The molecule has 1 heterocycles. The molecule has 1 saturated heterocycles. The van der Waals surface area contributed by atoms with Gasteiger partial charge in [-0.25, -0.2) is 4.39 Å². The highest BCUT2D eigenvalue weighted by Gasteiger charge is 2.27. The first kappa shape index (κ1) is 15.9. The minimum absolute atomic E-state index is 0.0446. The number of halogens is 1. The van der Waals surface area contributed by atoms with E-state index in [9.17, 15) is 9.18 Å². The van der Waals surface area contributed by atoms with Crippen molar-refractivity contribution in [3.05, 3.63) is 30.1 Å². The van der Waals surface area contributed by atoms with Crippen LogP contribution in [0.3, 0.4) is 0 Å². The number of amides is 1. The number of benzene rings is 1. The lowest BCUT2D eigenvalue weighted by atomic mass is 10.1. The average Bonchev–Trinajstić information content (AvgIpc) is 2.49. The van der Waals surface area contributed by atoms with Gasteiger partial charge in [-0.05, 0) is 37.1 Å². The second kappa shape index (κ2) is 7.52. The van der Waals surface area contributed by atoms with Gasteiger partial charge in [-0.1, -0.05) is 13.8 Å². The Morgan fingerprint density at radius 1 is 1.33 bits per heavy atom. The number of carbonyl (C=O) groups is 1. The Labute approximate surface area is 125 Å². The monoisotopic (exact) mass is 293 g/mol. The van der Waals surface area contributed by atoms with E-state index in [2.05, 4.69) is 29.4 Å². The van der Waals surface area contributed by atoms with E-state index in [4.69, 9.17) is 0 Å². The van der Waals surface area contributed by atoms with Gasteiger partial charge >= 0.3 is 0 Å². The van der Waals surface area contributed by atoms with Crippen LogP contribution in [0.25, 0.3) is 0 Å². The summed E-state index contributed by atoms with van der Waals surface area (Å²) in [5.41, 5.74) is 0.636. The van der Waals surface area contributed by atoms with Crippen LogP contribution in [-0.4, -0.2) is 42.5 Å². The molecule has 0 aromatic heterocycles. The molecule has 1 aromatic rings. The van der Waals surface area contributed by atoms with E-state index in [-0.39, 0.29) is 11.7 Å². The molecule has 1 aromatic carbocycles. The van der Waals surface area contributed by atoms with Crippen LogP contribution in [-0.2, 0) is 4.79 Å². The molecule has 1 aliphatic heterocycles. The molecule has 1 amide bonds. The summed E-state index contributed by atoms with van der Waals surface area (Å²) >= 11 is 0. The van der Waals surface area contributed by atoms with E-state index in [1.165, 1.54) is 12.1 Å². The van der Waals surface area contributed by atoms with Gasteiger partial charge in [-0.15, -0.1) is 0 Å². The third-order valence-corrected chi connectivity index (χ3v) is 4.05. The topological polar surface area (TPSA) is 44.4 Å². The highest BCUT2D eigenvalue weighted by Crippen LogP contribution is 2.13. The zero-order valence-corrected chi connectivity index (χ0v) is 12.7. The van der Waals surface area contributed by atoms with Gasteiger partial charge in [0.05, 0.1) is 6.54 Å². The van der Waals surface area contributed by atoms with Crippen molar-refractivity contribution >= 4 is 11.6 Å². The predicted octanol–water partition coefficient (Wildman–Crippen LogP) is 2.23. The van der Waals surface area contributed by atoms with Gasteiger partial charge in [0.15, 0.2) is 0 Å². The Morgan fingerprint density at radius 2 is 2.05 bits per heavy atom.